The van der Waals surface area contributed by atoms with Crippen molar-refractivity contribution in [3.05, 3.63) is 96.3 Å². The van der Waals surface area contributed by atoms with Crippen molar-refractivity contribution in [1.82, 2.24) is 20.6 Å². The predicted octanol–water partition coefficient (Wildman–Crippen LogP) is 4.28. The average Bonchev–Trinajstić information content (AvgIpc) is 3.56. The average molecular weight is 569 g/mol. The summed E-state index contributed by atoms with van der Waals surface area (Å²) in [6.07, 6.45) is 0.996. The molecule has 4 amide bonds. The Morgan fingerprint density at radius 3 is 1.48 bits per heavy atom. The van der Waals surface area contributed by atoms with Crippen LogP contribution in [0.15, 0.2) is 85.2 Å². The molecule has 0 saturated carbocycles. The number of para-hydroxylation sites is 2. The summed E-state index contributed by atoms with van der Waals surface area (Å²) in [5.74, 6) is -1.46. The van der Waals surface area contributed by atoms with E-state index >= 15 is 0 Å². The highest BCUT2D eigenvalue weighted by Crippen LogP contribution is 2.24. The highest BCUT2D eigenvalue weighted by molar-refractivity contribution is 5.97. The maximum atomic E-state index is 12.9. The Morgan fingerprint density at radius 1 is 0.619 bits per heavy atom. The Labute approximate surface area is 239 Å². The summed E-state index contributed by atoms with van der Waals surface area (Å²) in [6, 6.07) is 20.0. The van der Waals surface area contributed by atoms with E-state index in [9.17, 15) is 19.2 Å². The number of carbonyl (C=O) groups excluding carboxylic acids is 2. The minimum absolute atomic E-state index is 0.186. The van der Waals surface area contributed by atoms with Gasteiger partial charge in [-0.1, -0.05) is 42.5 Å². The molecule has 8 N–H and O–H groups in total. The molecule has 5 aromatic rings. The standard InChI is InChI=1S/C30H28N6O6/c37-27(35-29(39)40)25(12-17-15-31-23-10-3-1-8-21(17)23)33-19-6-5-7-20(14-19)34-26(28(38)36-30(41)42)13-18-16-32-24-11-4-2-9-22(18)24/h1-11,14-16,25-26,31-34H,12-13H2,(H,35,37)(H,36,38)(H,39,40)(H,41,42)/t25-,26?/m1/s1. The van der Waals surface area contributed by atoms with Gasteiger partial charge in [0.15, 0.2) is 0 Å². The minimum atomic E-state index is -1.47. The van der Waals surface area contributed by atoms with E-state index in [0.29, 0.717) is 11.4 Å². The Bertz CT molecular complexity index is 1650. The molecular weight excluding hydrogens is 540 g/mol. The maximum absolute atomic E-state index is 12.9. The lowest BCUT2D eigenvalue weighted by molar-refractivity contribution is -0.121. The third-order valence-electron chi connectivity index (χ3n) is 6.84. The first-order chi connectivity index (χ1) is 20.3. The third kappa shape index (κ3) is 6.50. The SMILES string of the molecule is O=C(O)NC(=O)C(Cc1c[nH]c2ccccc12)Nc1cccc(N[C@H](Cc2c[nH]c3ccccc23)C(=O)NC(=O)O)c1. The Balaban J connectivity index is 1.38. The second kappa shape index (κ2) is 12.2. The summed E-state index contributed by atoms with van der Waals surface area (Å²) < 4.78 is 0. The zero-order valence-electron chi connectivity index (χ0n) is 22.2. The van der Waals surface area contributed by atoms with Crippen LogP contribution in [0.2, 0.25) is 0 Å². The quantitative estimate of drug-likeness (QED) is 0.122. The molecule has 0 bridgehead atoms. The summed E-state index contributed by atoms with van der Waals surface area (Å²) >= 11 is 0. The van der Waals surface area contributed by atoms with Crippen molar-refractivity contribution in [2.45, 2.75) is 24.9 Å². The number of H-pyrrole nitrogens is 2. The second-order valence-electron chi connectivity index (χ2n) is 9.69. The minimum Gasteiger partial charge on any atom is -0.465 e. The van der Waals surface area contributed by atoms with Gasteiger partial charge < -0.3 is 30.8 Å². The van der Waals surface area contributed by atoms with Gasteiger partial charge >= 0.3 is 12.2 Å². The van der Waals surface area contributed by atoms with Gasteiger partial charge in [-0.15, -0.1) is 0 Å². The number of aromatic nitrogens is 2. The van der Waals surface area contributed by atoms with Crippen LogP contribution in [0.5, 0.6) is 0 Å². The number of hydrogen-bond acceptors (Lipinski definition) is 6. The largest absolute Gasteiger partial charge is 0.465 e. The Hall–Kier alpha value is -5.78. The first kappa shape index (κ1) is 27.8. The van der Waals surface area contributed by atoms with E-state index < -0.39 is 36.1 Å². The molecule has 12 heteroatoms. The molecule has 1 unspecified atom stereocenters. The normalized spacial score (nSPS) is 12.4. The van der Waals surface area contributed by atoms with Gasteiger partial charge in [-0.3, -0.25) is 20.2 Å². The van der Waals surface area contributed by atoms with E-state index in [0.717, 1.165) is 32.9 Å². The number of rotatable bonds is 10. The lowest BCUT2D eigenvalue weighted by atomic mass is 10.0. The fraction of sp³-hybridized carbons (Fsp3) is 0.133. The van der Waals surface area contributed by atoms with E-state index in [1.54, 1.807) is 36.7 Å². The van der Waals surface area contributed by atoms with Gasteiger partial charge in [-0.2, -0.15) is 0 Å². The fourth-order valence-electron chi connectivity index (χ4n) is 4.95. The van der Waals surface area contributed by atoms with Crippen molar-refractivity contribution in [2.75, 3.05) is 10.6 Å². The summed E-state index contributed by atoms with van der Waals surface area (Å²) in [5, 5.41) is 30.2. The van der Waals surface area contributed by atoms with Crippen molar-refractivity contribution >= 4 is 57.2 Å². The highest BCUT2D eigenvalue weighted by Gasteiger charge is 2.24. The van der Waals surface area contributed by atoms with Crippen LogP contribution in [-0.2, 0) is 22.4 Å². The molecule has 0 radical (unpaired) electrons. The number of carbonyl (C=O) groups is 4. The lowest BCUT2D eigenvalue weighted by Crippen LogP contribution is -2.43. The number of carboxylic acid groups (broad SMARTS) is 2. The molecule has 0 saturated heterocycles. The fourth-order valence-corrected chi connectivity index (χ4v) is 4.95. The maximum Gasteiger partial charge on any atom is 0.411 e. The molecule has 2 heterocycles. The Kier molecular flexibility index (Phi) is 8.05. The number of hydrogen-bond donors (Lipinski definition) is 8. The molecular formula is C30H28N6O6. The summed E-state index contributed by atoms with van der Waals surface area (Å²) in [6.45, 7) is 0. The zero-order valence-corrected chi connectivity index (χ0v) is 22.2. The summed E-state index contributed by atoms with van der Waals surface area (Å²) in [5.41, 5.74) is 4.38. The highest BCUT2D eigenvalue weighted by atomic mass is 16.4. The number of amides is 4. The van der Waals surface area contributed by atoms with Crippen LogP contribution in [0.4, 0.5) is 21.0 Å². The Morgan fingerprint density at radius 2 is 1.05 bits per heavy atom. The van der Waals surface area contributed by atoms with Crippen LogP contribution in [0.3, 0.4) is 0 Å². The number of benzene rings is 3. The molecule has 214 valence electrons. The molecule has 0 aliphatic heterocycles. The predicted molar refractivity (Wildman–Crippen MR) is 158 cm³/mol. The smallest absolute Gasteiger partial charge is 0.411 e. The van der Waals surface area contributed by atoms with Crippen LogP contribution in [-0.4, -0.2) is 56.3 Å². The number of anilines is 2. The molecule has 5 rings (SSSR count). The van der Waals surface area contributed by atoms with E-state index in [1.165, 1.54) is 0 Å². The molecule has 0 aliphatic rings. The van der Waals surface area contributed by atoms with Gasteiger partial charge in [-0.05, 0) is 41.5 Å². The van der Waals surface area contributed by atoms with Gasteiger partial charge in [0, 0.05) is 58.4 Å². The molecule has 0 fully saturated rings. The topological polar surface area (TPSA) is 188 Å². The van der Waals surface area contributed by atoms with E-state index in [4.69, 9.17) is 10.2 Å². The molecule has 0 spiro atoms. The molecule has 12 nitrogen and oxygen atoms in total. The summed E-state index contributed by atoms with van der Waals surface area (Å²) in [7, 11) is 0. The van der Waals surface area contributed by atoms with Crippen molar-refractivity contribution in [1.29, 1.82) is 0 Å². The first-order valence-electron chi connectivity index (χ1n) is 13.1. The molecule has 42 heavy (non-hydrogen) atoms. The molecule has 2 aromatic heterocycles. The van der Waals surface area contributed by atoms with E-state index in [2.05, 4.69) is 20.6 Å². The first-order valence-corrected chi connectivity index (χ1v) is 13.1. The number of fused-ring (bicyclic) bond motifs is 2. The van der Waals surface area contributed by atoms with Gasteiger partial charge in [0.25, 0.3) is 11.8 Å². The van der Waals surface area contributed by atoms with E-state index in [-0.39, 0.29) is 12.8 Å². The van der Waals surface area contributed by atoms with Crippen molar-refractivity contribution in [3.63, 3.8) is 0 Å². The van der Waals surface area contributed by atoms with Gasteiger partial charge in [0.2, 0.25) is 0 Å². The van der Waals surface area contributed by atoms with Crippen molar-refractivity contribution in [2.24, 2.45) is 0 Å². The van der Waals surface area contributed by atoms with Crippen LogP contribution in [0.1, 0.15) is 11.1 Å². The van der Waals surface area contributed by atoms with Crippen LogP contribution >= 0.6 is 0 Å². The molecule has 3 aromatic carbocycles. The van der Waals surface area contributed by atoms with Crippen LogP contribution in [0, 0.1) is 0 Å². The summed E-state index contributed by atoms with van der Waals surface area (Å²) in [4.78, 5) is 54.5. The van der Waals surface area contributed by atoms with E-state index in [1.807, 2.05) is 59.2 Å². The second-order valence-corrected chi connectivity index (χ2v) is 9.69. The number of imide groups is 2. The molecule has 2 atom stereocenters. The third-order valence-corrected chi connectivity index (χ3v) is 6.84. The zero-order chi connectivity index (χ0) is 29.6. The van der Waals surface area contributed by atoms with Gasteiger partial charge in [0.1, 0.15) is 12.1 Å². The van der Waals surface area contributed by atoms with Crippen molar-refractivity contribution in [3.8, 4) is 0 Å². The molecule has 0 aliphatic carbocycles. The number of aromatic amines is 2. The lowest BCUT2D eigenvalue weighted by Gasteiger charge is -2.21. The number of nitrogens with one attached hydrogen (secondary N) is 6. The monoisotopic (exact) mass is 568 g/mol. The van der Waals surface area contributed by atoms with Gasteiger partial charge in [0.05, 0.1) is 0 Å². The van der Waals surface area contributed by atoms with Gasteiger partial charge in [-0.25, -0.2) is 9.59 Å². The van der Waals surface area contributed by atoms with Crippen LogP contribution in [0.25, 0.3) is 21.8 Å². The van der Waals surface area contributed by atoms with Crippen molar-refractivity contribution < 1.29 is 29.4 Å². The van der Waals surface area contributed by atoms with Crippen LogP contribution < -0.4 is 21.3 Å².